The molecule has 0 bridgehead atoms. The molecule has 2 N–H and O–H groups in total. The molecule has 1 aromatic heterocycles. The molecule has 212 valence electrons. The first-order chi connectivity index (χ1) is 19.9. The fraction of sp³-hybridized carbons (Fsp3) is 0.303. The number of allylic oxidation sites excluding steroid dienone is 1. The quantitative estimate of drug-likeness (QED) is 0.146. The van der Waals surface area contributed by atoms with Gasteiger partial charge in [0.1, 0.15) is 11.8 Å². The maximum atomic E-state index is 13.9. The van der Waals surface area contributed by atoms with Crippen molar-refractivity contribution in [3.63, 3.8) is 0 Å². The van der Waals surface area contributed by atoms with Crippen molar-refractivity contribution in [2.45, 2.75) is 58.2 Å². The second kappa shape index (κ2) is 13.1. The van der Waals surface area contributed by atoms with Crippen molar-refractivity contribution in [3.05, 3.63) is 106 Å². The molecule has 0 saturated heterocycles. The van der Waals surface area contributed by atoms with Crippen LogP contribution < -0.4 is 15.4 Å². The molecule has 0 spiro atoms. The van der Waals surface area contributed by atoms with Gasteiger partial charge in [-0.25, -0.2) is 4.68 Å². The van der Waals surface area contributed by atoms with E-state index in [-0.39, 0.29) is 5.91 Å². The molecule has 41 heavy (non-hydrogen) atoms. The summed E-state index contributed by atoms with van der Waals surface area (Å²) in [6.45, 7) is 8.75. The van der Waals surface area contributed by atoms with E-state index in [1.165, 1.54) is 5.56 Å². The highest BCUT2D eigenvalue weighted by molar-refractivity contribution is 7.99. The second-order valence-electron chi connectivity index (χ2n) is 10.3. The number of ether oxygens (including phenoxy) is 1. The fourth-order valence-electron chi connectivity index (χ4n) is 4.86. The van der Waals surface area contributed by atoms with Crippen molar-refractivity contribution >= 4 is 29.3 Å². The van der Waals surface area contributed by atoms with Crippen LogP contribution in [0.4, 0.5) is 11.6 Å². The summed E-state index contributed by atoms with van der Waals surface area (Å²) < 4.78 is 7.88. The van der Waals surface area contributed by atoms with E-state index in [1.807, 2.05) is 86.1 Å². The lowest BCUT2D eigenvalue weighted by Crippen LogP contribution is -2.31. The van der Waals surface area contributed by atoms with Crippen molar-refractivity contribution in [2.24, 2.45) is 0 Å². The predicted octanol–water partition coefficient (Wildman–Crippen LogP) is 7.34. The summed E-state index contributed by atoms with van der Waals surface area (Å²) in [7, 11) is 0. The summed E-state index contributed by atoms with van der Waals surface area (Å²) in [5.41, 5.74) is 6.51. The Morgan fingerprint density at radius 2 is 1.80 bits per heavy atom. The third kappa shape index (κ3) is 6.65. The summed E-state index contributed by atoms with van der Waals surface area (Å²) in [5.74, 6) is 2.21. The molecule has 5 rings (SSSR count). The molecule has 0 aliphatic carbocycles. The summed E-state index contributed by atoms with van der Waals surface area (Å²) >= 11 is 1.64. The minimum Gasteiger partial charge on any atom is -0.493 e. The first-order valence-corrected chi connectivity index (χ1v) is 15.1. The molecule has 1 unspecified atom stereocenters. The van der Waals surface area contributed by atoms with Crippen molar-refractivity contribution in [2.75, 3.05) is 23.0 Å². The number of unbranched alkanes of at least 4 members (excludes halogenated alkanes) is 1. The van der Waals surface area contributed by atoms with E-state index in [9.17, 15) is 4.79 Å². The van der Waals surface area contributed by atoms with Gasteiger partial charge < -0.3 is 15.4 Å². The summed E-state index contributed by atoms with van der Waals surface area (Å²) in [6, 6.07) is 23.8. The lowest BCUT2D eigenvalue weighted by atomic mass is 9.94. The molecular weight excluding hydrogens is 530 g/mol. The molecular formula is C33H37N5O2S. The number of anilines is 2. The number of carbonyl (C=O) groups is 1. The smallest absolute Gasteiger partial charge is 0.255 e. The van der Waals surface area contributed by atoms with Crippen LogP contribution in [0.3, 0.4) is 0 Å². The van der Waals surface area contributed by atoms with Crippen molar-refractivity contribution in [1.29, 1.82) is 0 Å². The van der Waals surface area contributed by atoms with Crippen LogP contribution in [-0.4, -0.2) is 33.0 Å². The lowest BCUT2D eigenvalue weighted by Gasteiger charge is -2.29. The van der Waals surface area contributed by atoms with Gasteiger partial charge in [0.05, 0.1) is 12.2 Å². The number of nitrogens with zero attached hydrogens (tertiary/aromatic N) is 3. The Labute approximate surface area is 246 Å². The zero-order valence-electron chi connectivity index (χ0n) is 24.1. The number of fused-ring (bicyclic) bond motifs is 1. The van der Waals surface area contributed by atoms with Crippen LogP contribution in [-0.2, 0) is 11.2 Å². The largest absolute Gasteiger partial charge is 0.493 e. The van der Waals surface area contributed by atoms with Crippen LogP contribution in [0.15, 0.2) is 89.2 Å². The van der Waals surface area contributed by atoms with Crippen LogP contribution in [0.2, 0.25) is 0 Å². The third-order valence-corrected chi connectivity index (χ3v) is 8.28. The molecule has 8 heteroatoms. The van der Waals surface area contributed by atoms with E-state index >= 15 is 0 Å². The van der Waals surface area contributed by atoms with Crippen LogP contribution in [0.1, 0.15) is 55.0 Å². The number of nitrogens with one attached hydrogen (secondary N) is 2. The van der Waals surface area contributed by atoms with Crippen molar-refractivity contribution < 1.29 is 9.53 Å². The molecule has 1 atom stereocenters. The lowest BCUT2D eigenvalue weighted by molar-refractivity contribution is -0.113. The Hall–Kier alpha value is -4.04. The van der Waals surface area contributed by atoms with Gasteiger partial charge in [0.2, 0.25) is 11.1 Å². The van der Waals surface area contributed by atoms with Crippen LogP contribution in [0, 0.1) is 13.8 Å². The Balaban J connectivity index is 1.42. The maximum absolute atomic E-state index is 13.9. The average molecular weight is 568 g/mol. The van der Waals surface area contributed by atoms with Crippen molar-refractivity contribution in [3.8, 4) is 5.75 Å². The number of aromatic nitrogens is 3. The highest BCUT2D eigenvalue weighted by Gasteiger charge is 2.34. The van der Waals surface area contributed by atoms with E-state index in [4.69, 9.17) is 14.8 Å². The Morgan fingerprint density at radius 3 is 2.56 bits per heavy atom. The molecule has 1 amide bonds. The zero-order chi connectivity index (χ0) is 28.8. The van der Waals surface area contributed by atoms with Gasteiger partial charge in [-0.05, 0) is 67.6 Å². The molecule has 1 aliphatic rings. The SMILES string of the molecule is CCCCSc1nc2n(n1)C(c1ccc(OCCc3ccccc3)cc1)C(C(=O)Nc1cccc(C)c1C)=C(C)N2. The number of thioether (sulfide) groups is 1. The van der Waals surface area contributed by atoms with E-state index in [0.29, 0.717) is 23.3 Å². The highest BCUT2D eigenvalue weighted by atomic mass is 32.2. The van der Waals surface area contributed by atoms with E-state index < -0.39 is 6.04 Å². The van der Waals surface area contributed by atoms with Gasteiger partial charge in [-0.3, -0.25) is 4.79 Å². The van der Waals surface area contributed by atoms with Gasteiger partial charge in [-0.1, -0.05) is 79.7 Å². The fourth-order valence-corrected chi connectivity index (χ4v) is 5.77. The predicted molar refractivity (Wildman–Crippen MR) is 167 cm³/mol. The maximum Gasteiger partial charge on any atom is 0.255 e. The first-order valence-electron chi connectivity index (χ1n) is 14.2. The second-order valence-corrected chi connectivity index (χ2v) is 11.3. The molecule has 7 nitrogen and oxygen atoms in total. The molecule has 4 aromatic rings. The van der Waals surface area contributed by atoms with Gasteiger partial charge >= 0.3 is 0 Å². The molecule has 0 saturated carbocycles. The molecule has 3 aromatic carbocycles. The summed E-state index contributed by atoms with van der Waals surface area (Å²) in [4.78, 5) is 18.6. The van der Waals surface area contributed by atoms with E-state index in [0.717, 1.165) is 58.8 Å². The number of rotatable bonds is 11. The molecule has 2 heterocycles. The monoisotopic (exact) mass is 567 g/mol. The normalized spacial score (nSPS) is 14.4. The van der Waals surface area contributed by atoms with E-state index in [1.54, 1.807) is 11.8 Å². The Bertz CT molecular complexity index is 1530. The van der Waals surface area contributed by atoms with E-state index in [2.05, 4.69) is 29.7 Å². The number of aryl methyl sites for hydroxylation is 1. The minimum absolute atomic E-state index is 0.168. The Morgan fingerprint density at radius 1 is 1.02 bits per heavy atom. The van der Waals surface area contributed by atoms with Gasteiger partial charge in [-0.2, -0.15) is 4.98 Å². The topological polar surface area (TPSA) is 81.1 Å². The van der Waals surface area contributed by atoms with Crippen LogP contribution in [0.25, 0.3) is 0 Å². The molecule has 0 radical (unpaired) electrons. The van der Waals surface area contributed by atoms with Gasteiger partial charge in [0.25, 0.3) is 5.91 Å². The van der Waals surface area contributed by atoms with Crippen LogP contribution in [0.5, 0.6) is 5.75 Å². The average Bonchev–Trinajstić information content (AvgIpc) is 3.38. The summed E-state index contributed by atoms with van der Waals surface area (Å²) in [6.07, 6.45) is 3.05. The summed E-state index contributed by atoms with van der Waals surface area (Å²) in [5, 5.41) is 12.1. The highest BCUT2D eigenvalue weighted by Crippen LogP contribution is 2.37. The first kappa shape index (κ1) is 28.5. The minimum atomic E-state index is -0.442. The van der Waals surface area contributed by atoms with Crippen LogP contribution >= 0.6 is 11.8 Å². The zero-order valence-corrected chi connectivity index (χ0v) is 24.9. The van der Waals surface area contributed by atoms with Gasteiger partial charge in [-0.15, -0.1) is 5.10 Å². The number of hydrogen-bond donors (Lipinski definition) is 2. The third-order valence-electron chi connectivity index (χ3n) is 7.36. The van der Waals surface area contributed by atoms with Gasteiger partial charge in [0.15, 0.2) is 0 Å². The number of hydrogen-bond acceptors (Lipinski definition) is 6. The molecule has 1 aliphatic heterocycles. The Kier molecular flexibility index (Phi) is 9.09. The standard InChI is InChI=1S/C33H37N5O2S/c1-5-6-21-41-33-36-32-34-24(4)29(31(39)35-28-14-10-11-22(2)23(28)3)30(38(32)37-33)26-15-17-27(18-16-26)40-20-19-25-12-8-7-9-13-25/h7-18,30H,5-6,19-21H2,1-4H3,(H,35,39)(H,34,36,37). The van der Waals surface area contributed by atoms with Crippen molar-refractivity contribution in [1.82, 2.24) is 14.8 Å². The molecule has 0 fully saturated rings. The number of amides is 1. The number of benzene rings is 3. The number of carbonyl (C=O) groups excluding carboxylic acids is 1. The van der Waals surface area contributed by atoms with Gasteiger partial charge in [0, 0.05) is 23.6 Å².